The molecule has 2 aromatic rings. The maximum absolute atomic E-state index is 12.5. The van der Waals surface area contributed by atoms with Gasteiger partial charge in [0.2, 0.25) is 11.8 Å². The second-order valence-electron chi connectivity index (χ2n) is 7.33. The molecule has 6 nitrogen and oxygen atoms in total. The van der Waals surface area contributed by atoms with Gasteiger partial charge >= 0.3 is 0 Å². The third-order valence-corrected chi connectivity index (χ3v) is 5.06. The molecule has 0 aromatic heterocycles. The molecule has 1 unspecified atom stereocenters. The van der Waals surface area contributed by atoms with Crippen molar-refractivity contribution in [2.75, 3.05) is 38.5 Å². The Morgan fingerprint density at radius 1 is 1.04 bits per heavy atom. The number of nitrogens with zero attached hydrogens (tertiary/aromatic N) is 2. The first-order valence-corrected chi connectivity index (χ1v) is 9.67. The molecule has 2 amide bonds. The molecule has 3 rings (SSSR count). The quantitative estimate of drug-likeness (QED) is 0.804. The van der Waals surface area contributed by atoms with Crippen molar-refractivity contribution in [3.8, 4) is 0 Å². The van der Waals surface area contributed by atoms with Crippen LogP contribution in [0.25, 0.3) is 0 Å². The van der Waals surface area contributed by atoms with Gasteiger partial charge in [0.25, 0.3) is 0 Å². The molecule has 2 aromatic carbocycles. The first-order chi connectivity index (χ1) is 13.5. The van der Waals surface area contributed by atoms with Crippen LogP contribution in [0.4, 0.5) is 5.69 Å². The third-order valence-electron chi connectivity index (χ3n) is 5.06. The van der Waals surface area contributed by atoms with Gasteiger partial charge in [-0.15, -0.1) is 0 Å². The van der Waals surface area contributed by atoms with Crippen molar-refractivity contribution in [3.05, 3.63) is 65.7 Å². The number of benzene rings is 2. The Hall–Kier alpha value is -2.70. The van der Waals surface area contributed by atoms with E-state index in [1.54, 1.807) is 0 Å². The standard InChI is InChI=1S/C22H28N4O2/c1-25-10-12-26(13-11-25)22(28)15-17-6-5-9-19(14-17)24-21(27)16-20(23)18-7-3-2-4-8-18/h2-9,14,20H,10-13,15-16,23H2,1H3,(H,24,27). The number of hydrogen-bond donors (Lipinski definition) is 2. The average molecular weight is 380 g/mol. The van der Waals surface area contributed by atoms with E-state index in [2.05, 4.69) is 17.3 Å². The van der Waals surface area contributed by atoms with Crippen LogP contribution in [-0.4, -0.2) is 54.8 Å². The molecular formula is C22H28N4O2. The summed E-state index contributed by atoms with van der Waals surface area (Å²) < 4.78 is 0. The van der Waals surface area contributed by atoms with E-state index in [0.717, 1.165) is 37.3 Å². The SMILES string of the molecule is CN1CCN(C(=O)Cc2cccc(NC(=O)CC(N)c3ccccc3)c2)CC1. The van der Waals surface area contributed by atoms with Crippen molar-refractivity contribution in [2.24, 2.45) is 5.73 Å². The number of likely N-dealkylation sites (N-methyl/N-ethyl adjacent to an activating group) is 1. The topological polar surface area (TPSA) is 78.7 Å². The molecule has 0 saturated carbocycles. The van der Waals surface area contributed by atoms with E-state index in [-0.39, 0.29) is 24.3 Å². The number of nitrogens with one attached hydrogen (secondary N) is 1. The van der Waals surface area contributed by atoms with Crippen LogP contribution in [0.3, 0.4) is 0 Å². The molecule has 3 N–H and O–H groups in total. The highest BCUT2D eigenvalue weighted by molar-refractivity contribution is 5.91. The molecule has 6 heteroatoms. The van der Waals surface area contributed by atoms with Crippen LogP contribution in [0.15, 0.2) is 54.6 Å². The first kappa shape index (κ1) is 20.0. The Labute approximate surface area is 166 Å². The highest BCUT2D eigenvalue weighted by Gasteiger charge is 2.19. The van der Waals surface area contributed by atoms with E-state index in [1.165, 1.54) is 0 Å². The Balaban J connectivity index is 1.54. The zero-order valence-corrected chi connectivity index (χ0v) is 16.3. The second-order valence-corrected chi connectivity index (χ2v) is 7.33. The van der Waals surface area contributed by atoms with Gasteiger partial charge in [0.05, 0.1) is 6.42 Å². The zero-order valence-electron chi connectivity index (χ0n) is 16.3. The molecule has 148 valence electrons. The number of nitrogens with two attached hydrogens (primary N) is 1. The molecule has 0 radical (unpaired) electrons. The number of amides is 2. The summed E-state index contributed by atoms with van der Waals surface area (Å²) in [6, 6.07) is 16.7. The first-order valence-electron chi connectivity index (χ1n) is 9.67. The molecule has 0 aliphatic carbocycles. The van der Waals surface area contributed by atoms with Gasteiger partial charge in [0, 0.05) is 44.3 Å². The minimum absolute atomic E-state index is 0.127. The summed E-state index contributed by atoms with van der Waals surface area (Å²) in [4.78, 5) is 29.0. The lowest BCUT2D eigenvalue weighted by molar-refractivity contribution is -0.132. The van der Waals surface area contributed by atoms with E-state index in [9.17, 15) is 9.59 Å². The fourth-order valence-electron chi connectivity index (χ4n) is 3.33. The van der Waals surface area contributed by atoms with Gasteiger partial charge in [-0.05, 0) is 30.3 Å². The Kier molecular flexibility index (Phi) is 6.79. The van der Waals surface area contributed by atoms with Crippen LogP contribution < -0.4 is 11.1 Å². The van der Waals surface area contributed by atoms with Crippen molar-refractivity contribution in [3.63, 3.8) is 0 Å². The fourth-order valence-corrected chi connectivity index (χ4v) is 3.33. The molecule has 1 heterocycles. The van der Waals surface area contributed by atoms with Crippen LogP contribution in [0.5, 0.6) is 0 Å². The van der Waals surface area contributed by atoms with Crippen LogP contribution >= 0.6 is 0 Å². The number of anilines is 1. The van der Waals surface area contributed by atoms with Crippen molar-refractivity contribution in [1.29, 1.82) is 0 Å². The van der Waals surface area contributed by atoms with Gasteiger partial charge in [-0.2, -0.15) is 0 Å². The number of carbonyl (C=O) groups is 2. The largest absolute Gasteiger partial charge is 0.340 e. The maximum Gasteiger partial charge on any atom is 0.227 e. The predicted molar refractivity (Wildman–Crippen MR) is 111 cm³/mol. The number of piperazine rings is 1. The average Bonchev–Trinajstić information content (AvgIpc) is 2.69. The Bertz CT molecular complexity index is 801. The number of rotatable bonds is 6. The predicted octanol–water partition coefficient (Wildman–Crippen LogP) is 2.03. The molecule has 1 saturated heterocycles. The third kappa shape index (κ3) is 5.65. The summed E-state index contributed by atoms with van der Waals surface area (Å²) in [6.45, 7) is 3.35. The normalized spacial score (nSPS) is 15.9. The molecule has 1 atom stereocenters. The molecular weight excluding hydrogens is 352 g/mol. The Morgan fingerprint density at radius 2 is 1.75 bits per heavy atom. The summed E-state index contributed by atoms with van der Waals surface area (Å²) in [5.41, 5.74) is 8.64. The van der Waals surface area contributed by atoms with E-state index in [1.807, 2.05) is 59.5 Å². The van der Waals surface area contributed by atoms with E-state index in [4.69, 9.17) is 5.73 Å². The van der Waals surface area contributed by atoms with Crippen molar-refractivity contribution < 1.29 is 9.59 Å². The molecule has 1 fully saturated rings. The van der Waals surface area contributed by atoms with Gasteiger partial charge < -0.3 is 20.9 Å². The molecule has 0 bridgehead atoms. The van der Waals surface area contributed by atoms with E-state index in [0.29, 0.717) is 12.1 Å². The lowest BCUT2D eigenvalue weighted by atomic mass is 10.0. The summed E-state index contributed by atoms with van der Waals surface area (Å²) in [7, 11) is 2.07. The van der Waals surface area contributed by atoms with Crippen molar-refractivity contribution >= 4 is 17.5 Å². The number of hydrogen-bond acceptors (Lipinski definition) is 4. The summed E-state index contributed by atoms with van der Waals surface area (Å²) in [5, 5.41) is 2.89. The highest BCUT2D eigenvalue weighted by Crippen LogP contribution is 2.17. The molecule has 1 aliphatic heterocycles. The number of carbonyl (C=O) groups excluding carboxylic acids is 2. The monoisotopic (exact) mass is 380 g/mol. The molecule has 1 aliphatic rings. The smallest absolute Gasteiger partial charge is 0.227 e. The van der Waals surface area contributed by atoms with Gasteiger partial charge in [0.1, 0.15) is 0 Å². The van der Waals surface area contributed by atoms with Crippen LogP contribution in [0.1, 0.15) is 23.6 Å². The van der Waals surface area contributed by atoms with Gasteiger partial charge in [0.15, 0.2) is 0 Å². The summed E-state index contributed by atoms with van der Waals surface area (Å²) >= 11 is 0. The minimum Gasteiger partial charge on any atom is -0.340 e. The zero-order chi connectivity index (χ0) is 19.9. The van der Waals surface area contributed by atoms with Crippen LogP contribution in [0, 0.1) is 0 Å². The fraction of sp³-hybridized carbons (Fsp3) is 0.364. The molecule has 28 heavy (non-hydrogen) atoms. The van der Waals surface area contributed by atoms with Gasteiger partial charge in [-0.3, -0.25) is 9.59 Å². The van der Waals surface area contributed by atoms with Crippen LogP contribution in [0.2, 0.25) is 0 Å². The summed E-state index contributed by atoms with van der Waals surface area (Å²) in [6.07, 6.45) is 0.547. The highest BCUT2D eigenvalue weighted by atomic mass is 16.2. The van der Waals surface area contributed by atoms with Crippen molar-refractivity contribution in [1.82, 2.24) is 9.80 Å². The van der Waals surface area contributed by atoms with E-state index >= 15 is 0 Å². The lowest BCUT2D eigenvalue weighted by Crippen LogP contribution is -2.47. The van der Waals surface area contributed by atoms with Gasteiger partial charge in [-0.25, -0.2) is 0 Å². The van der Waals surface area contributed by atoms with E-state index < -0.39 is 0 Å². The maximum atomic E-state index is 12.5. The van der Waals surface area contributed by atoms with Crippen LogP contribution in [-0.2, 0) is 16.0 Å². The lowest BCUT2D eigenvalue weighted by Gasteiger charge is -2.32. The Morgan fingerprint density at radius 3 is 2.46 bits per heavy atom. The summed E-state index contributed by atoms with van der Waals surface area (Å²) in [5.74, 6) is -0.0124. The van der Waals surface area contributed by atoms with Gasteiger partial charge in [-0.1, -0.05) is 42.5 Å². The molecule has 0 spiro atoms. The van der Waals surface area contributed by atoms with Crippen molar-refractivity contribution in [2.45, 2.75) is 18.9 Å². The minimum atomic E-state index is -0.344. The second kappa shape index (κ2) is 9.48.